The lowest BCUT2D eigenvalue weighted by molar-refractivity contribution is 0.172. The van der Waals surface area contributed by atoms with E-state index in [4.69, 9.17) is 9.47 Å². The maximum absolute atomic E-state index is 6.20. The highest BCUT2D eigenvalue weighted by atomic mass is 16.5. The molecule has 24 heavy (non-hydrogen) atoms. The van der Waals surface area contributed by atoms with Gasteiger partial charge < -0.3 is 14.4 Å². The SMILES string of the molecule is COc1ccccc1OC1CCCN(c2cncc3nncn23)C1. The van der Waals surface area contributed by atoms with Crippen molar-refractivity contribution in [1.29, 1.82) is 0 Å². The normalized spacial score (nSPS) is 17.9. The molecule has 1 aliphatic heterocycles. The zero-order valence-corrected chi connectivity index (χ0v) is 13.5. The molecule has 0 saturated carbocycles. The Bertz CT molecular complexity index is 834. The molecule has 0 bridgehead atoms. The number of hydrogen-bond donors (Lipinski definition) is 0. The Kier molecular flexibility index (Phi) is 3.90. The predicted octanol–water partition coefficient (Wildman–Crippen LogP) is 2.18. The number of methoxy groups -OCH3 is 1. The van der Waals surface area contributed by atoms with Crippen LogP contribution in [0.2, 0.25) is 0 Å². The minimum absolute atomic E-state index is 0.0989. The van der Waals surface area contributed by atoms with Gasteiger partial charge in [-0.15, -0.1) is 10.2 Å². The first-order valence-electron chi connectivity index (χ1n) is 8.03. The van der Waals surface area contributed by atoms with Crippen LogP contribution in [0.3, 0.4) is 0 Å². The second-order valence-electron chi connectivity index (χ2n) is 5.80. The fraction of sp³-hybridized carbons (Fsp3) is 0.353. The summed E-state index contributed by atoms with van der Waals surface area (Å²) in [6, 6.07) is 7.76. The summed E-state index contributed by atoms with van der Waals surface area (Å²) in [5, 5.41) is 8.02. The number of ether oxygens (including phenoxy) is 2. The smallest absolute Gasteiger partial charge is 0.180 e. The summed E-state index contributed by atoms with van der Waals surface area (Å²) >= 11 is 0. The van der Waals surface area contributed by atoms with Gasteiger partial charge in [0.2, 0.25) is 0 Å². The first kappa shape index (κ1) is 14.7. The van der Waals surface area contributed by atoms with Gasteiger partial charge in [0.05, 0.1) is 26.0 Å². The number of rotatable bonds is 4. The minimum atomic E-state index is 0.0989. The zero-order valence-electron chi connectivity index (χ0n) is 13.5. The van der Waals surface area contributed by atoms with E-state index < -0.39 is 0 Å². The van der Waals surface area contributed by atoms with Crippen molar-refractivity contribution in [3.05, 3.63) is 43.0 Å². The summed E-state index contributed by atoms with van der Waals surface area (Å²) in [4.78, 5) is 6.54. The van der Waals surface area contributed by atoms with Gasteiger partial charge in [0.25, 0.3) is 0 Å². The van der Waals surface area contributed by atoms with Crippen molar-refractivity contribution in [1.82, 2.24) is 19.6 Å². The van der Waals surface area contributed by atoms with Crippen LogP contribution in [0.5, 0.6) is 11.5 Å². The predicted molar refractivity (Wildman–Crippen MR) is 89.6 cm³/mol. The van der Waals surface area contributed by atoms with Crippen LogP contribution in [0.25, 0.3) is 5.65 Å². The molecule has 124 valence electrons. The molecule has 1 atom stereocenters. The van der Waals surface area contributed by atoms with Gasteiger partial charge in [-0.25, -0.2) is 0 Å². The highest BCUT2D eigenvalue weighted by Gasteiger charge is 2.24. The molecule has 1 aromatic carbocycles. The fourth-order valence-electron chi connectivity index (χ4n) is 3.11. The molecule has 7 nitrogen and oxygen atoms in total. The van der Waals surface area contributed by atoms with Crippen LogP contribution in [-0.2, 0) is 0 Å². The third-order valence-corrected chi connectivity index (χ3v) is 4.27. The Balaban J connectivity index is 1.55. The van der Waals surface area contributed by atoms with Crippen molar-refractivity contribution >= 4 is 11.5 Å². The van der Waals surface area contributed by atoms with E-state index in [9.17, 15) is 0 Å². The number of benzene rings is 1. The van der Waals surface area contributed by atoms with Gasteiger partial charge >= 0.3 is 0 Å². The standard InChI is InChI=1S/C17H19N5O2/c1-23-14-6-2-3-7-15(14)24-13-5-4-8-21(11-13)17-10-18-9-16-20-19-12-22(16)17/h2-3,6-7,9-10,12-13H,4-5,8,11H2,1H3. The van der Waals surface area contributed by atoms with E-state index in [1.165, 1.54) is 0 Å². The molecule has 4 rings (SSSR count). The summed E-state index contributed by atoms with van der Waals surface area (Å²) in [6.45, 7) is 1.75. The van der Waals surface area contributed by atoms with E-state index in [0.29, 0.717) is 0 Å². The molecule has 0 aliphatic carbocycles. The van der Waals surface area contributed by atoms with Gasteiger partial charge in [-0.3, -0.25) is 9.38 Å². The summed E-state index contributed by atoms with van der Waals surface area (Å²) in [5.41, 5.74) is 0.750. The average Bonchev–Trinajstić information content (AvgIpc) is 3.11. The van der Waals surface area contributed by atoms with Crippen LogP contribution in [-0.4, -0.2) is 45.9 Å². The molecular weight excluding hydrogens is 306 g/mol. The molecular formula is C17H19N5O2. The number of para-hydroxylation sites is 2. The summed E-state index contributed by atoms with van der Waals surface area (Å²) in [7, 11) is 1.66. The lowest BCUT2D eigenvalue weighted by Gasteiger charge is -2.34. The van der Waals surface area contributed by atoms with Gasteiger partial charge in [-0.2, -0.15) is 0 Å². The van der Waals surface area contributed by atoms with Crippen molar-refractivity contribution in [3.8, 4) is 11.5 Å². The van der Waals surface area contributed by atoms with Crippen LogP contribution in [0.4, 0.5) is 5.82 Å². The van der Waals surface area contributed by atoms with E-state index in [-0.39, 0.29) is 6.10 Å². The fourth-order valence-corrected chi connectivity index (χ4v) is 3.11. The molecule has 2 aromatic heterocycles. The molecule has 0 spiro atoms. The monoisotopic (exact) mass is 325 g/mol. The first-order valence-corrected chi connectivity index (χ1v) is 8.03. The van der Waals surface area contributed by atoms with E-state index in [1.54, 1.807) is 19.6 Å². The molecule has 3 aromatic rings. The Morgan fingerprint density at radius 2 is 2.04 bits per heavy atom. The Labute approximate surface area is 139 Å². The van der Waals surface area contributed by atoms with Crippen LogP contribution in [0.1, 0.15) is 12.8 Å². The Morgan fingerprint density at radius 1 is 1.17 bits per heavy atom. The molecule has 1 saturated heterocycles. The third-order valence-electron chi connectivity index (χ3n) is 4.27. The number of fused-ring (bicyclic) bond motifs is 1. The van der Waals surface area contributed by atoms with Gasteiger partial charge in [0.1, 0.15) is 18.2 Å². The molecule has 0 N–H and O–H groups in total. The topological polar surface area (TPSA) is 64.8 Å². The van der Waals surface area contributed by atoms with Crippen molar-refractivity contribution in [2.24, 2.45) is 0 Å². The highest BCUT2D eigenvalue weighted by molar-refractivity contribution is 5.48. The Morgan fingerprint density at radius 3 is 2.92 bits per heavy atom. The highest BCUT2D eigenvalue weighted by Crippen LogP contribution is 2.29. The van der Waals surface area contributed by atoms with Gasteiger partial charge in [0.15, 0.2) is 17.1 Å². The number of nitrogens with zero attached hydrogens (tertiary/aromatic N) is 5. The lowest BCUT2D eigenvalue weighted by atomic mass is 10.1. The second kappa shape index (κ2) is 6.35. The van der Waals surface area contributed by atoms with Gasteiger partial charge in [0, 0.05) is 6.54 Å². The third kappa shape index (κ3) is 2.73. The largest absolute Gasteiger partial charge is 0.493 e. The van der Waals surface area contributed by atoms with Crippen LogP contribution in [0.15, 0.2) is 43.0 Å². The van der Waals surface area contributed by atoms with E-state index in [0.717, 1.165) is 48.9 Å². The minimum Gasteiger partial charge on any atom is -0.493 e. The summed E-state index contributed by atoms with van der Waals surface area (Å²) in [5.74, 6) is 2.54. The van der Waals surface area contributed by atoms with Gasteiger partial charge in [-0.05, 0) is 25.0 Å². The van der Waals surface area contributed by atoms with Crippen molar-refractivity contribution in [3.63, 3.8) is 0 Å². The maximum atomic E-state index is 6.20. The zero-order chi connectivity index (χ0) is 16.4. The van der Waals surface area contributed by atoms with Crippen LogP contribution < -0.4 is 14.4 Å². The number of hydrogen-bond acceptors (Lipinski definition) is 6. The quantitative estimate of drug-likeness (QED) is 0.732. The molecule has 7 heteroatoms. The number of aromatic nitrogens is 4. The lowest BCUT2D eigenvalue weighted by Crippen LogP contribution is -2.42. The molecule has 0 radical (unpaired) electrons. The molecule has 1 unspecified atom stereocenters. The van der Waals surface area contributed by atoms with Crippen LogP contribution >= 0.6 is 0 Å². The maximum Gasteiger partial charge on any atom is 0.180 e. The molecule has 0 amide bonds. The first-order chi connectivity index (χ1) is 11.8. The number of anilines is 1. The van der Waals surface area contributed by atoms with Crippen LogP contribution in [0, 0.1) is 0 Å². The van der Waals surface area contributed by atoms with Crippen molar-refractivity contribution in [2.75, 3.05) is 25.1 Å². The van der Waals surface area contributed by atoms with E-state index in [2.05, 4.69) is 20.1 Å². The Hall–Kier alpha value is -2.83. The second-order valence-corrected chi connectivity index (χ2v) is 5.80. The summed E-state index contributed by atoms with van der Waals surface area (Å²) in [6.07, 6.45) is 7.45. The molecule has 3 heterocycles. The average molecular weight is 325 g/mol. The van der Waals surface area contributed by atoms with E-state index >= 15 is 0 Å². The summed E-state index contributed by atoms with van der Waals surface area (Å²) < 4.78 is 13.5. The van der Waals surface area contributed by atoms with Gasteiger partial charge in [-0.1, -0.05) is 12.1 Å². The van der Waals surface area contributed by atoms with E-state index in [1.807, 2.05) is 34.9 Å². The van der Waals surface area contributed by atoms with Crippen molar-refractivity contribution in [2.45, 2.75) is 18.9 Å². The molecule has 1 fully saturated rings. The van der Waals surface area contributed by atoms with Crippen molar-refractivity contribution < 1.29 is 9.47 Å². The molecule has 1 aliphatic rings. The number of piperidine rings is 1.